The van der Waals surface area contributed by atoms with E-state index in [1.807, 2.05) is 32.6 Å². The van der Waals surface area contributed by atoms with Crippen molar-refractivity contribution in [2.45, 2.75) is 50.8 Å². The fourth-order valence-corrected chi connectivity index (χ4v) is 5.50. The highest BCUT2D eigenvalue weighted by atomic mass is 28.3. The molecule has 0 aromatic carbocycles. The van der Waals surface area contributed by atoms with Crippen LogP contribution in [0.5, 0.6) is 0 Å². The molecule has 10 heteroatoms. The van der Waals surface area contributed by atoms with Gasteiger partial charge in [0, 0.05) is 55.7 Å². The Hall–Kier alpha value is -3.47. The second kappa shape index (κ2) is 9.19. The van der Waals surface area contributed by atoms with Gasteiger partial charge in [-0.05, 0) is 25.0 Å². The molecule has 0 unspecified atom stereocenters. The Morgan fingerprint density at radius 3 is 2.69 bits per heavy atom. The summed E-state index contributed by atoms with van der Waals surface area (Å²) < 4.78 is 9.73. The van der Waals surface area contributed by atoms with Crippen molar-refractivity contribution in [2.75, 3.05) is 26.2 Å². The molecule has 1 amide bonds. The lowest BCUT2D eigenvalue weighted by molar-refractivity contribution is -0.143. The zero-order valence-corrected chi connectivity index (χ0v) is 22.1. The van der Waals surface area contributed by atoms with Crippen LogP contribution in [0, 0.1) is 19.1 Å². The average Bonchev–Trinajstić information content (AvgIpc) is 3.41. The van der Waals surface area contributed by atoms with E-state index < -0.39 is 13.6 Å². The van der Waals surface area contributed by atoms with Gasteiger partial charge in [-0.2, -0.15) is 5.10 Å². The van der Waals surface area contributed by atoms with E-state index in [9.17, 15) is 4.79 Å². The lowest BCUT2D eigenvalue weighted by Crippen LogP contribution is -2.66. The summed E-state index contributed by atoms with van der Waals surface area (Å²) in [6.07, 6.45) is 9.16. The molecule has 2 aliphatic rings. The number of carbonyl (C=O) groups is 1. The summed E-state index contributed by atoms with van der Waals surface area (Å²) >= 11 is 0. The Morgan fingerprint density at radius 2 is 2.03 bits per heavy atom. The van der Waals surface area contributed by atoms with Gasteiger partial charge in [0.1, 0.15) is 12.4 Å². The zero-order chi connectivity index (χ0) is 25.5. The maximum Gasteiger partial charge on any atom is 0.243 e. The van der Waals surface area contributed by atoms with Crippen LogP contribution in [0.2, 0.25) is 25.7 Å². The summed E-state index contributed by atoms with van der Waals surface area (Å²) in [4.78, 5) is 26.3. The van der Waals surface area contributed by atoms with Crippen LogP contribution in [0.4, 0.5) is 5.69 Å². The standard InChI is InChI=1S/C26H31N7O2Si/c1-27-15-26(16-32(17-26)25(34)19-6-7-19)33-14-20(12-30-33)23-21-8-9-31(18-35-10-11-36(3,4)5)24(21)29-13-22(23)28-2/h8-9,12-14,19H,6-7,10-11,15-18H2,3-5H3. The molecule has 36 heavy (non-hydrogen) atoms. The van der Waals surface area contributed by atoms with Crippen LogP contribution >= 0.6 is 0 Å². The molecule has 9 nitrogen and oxygen atoms in total. The van der Waals surface area contributed by atoms with E-state index in [4.69, 9.17) is 17.9 Å². The average molecular weight is 502 g/mol. The summed E-state index contributed by atoms with van der Waals surface area (Å²) in [7, 11) is -1.16. The monoisotopic (exact) mass is 501 g/mol. The molecule has 1 saturated carbocycles. The number of rotatable bonds is 9. The van der Waals surface area contributed by atoms with Crippen molar-refractivity contribution in [3.05, 3.63) is 53.7 Å². The lowest BCUT2D eigenvalue weighted by Gasteiger charge is -2.47. The van der Waals surface area contributed by atoms with Gasteiger partial charge in [0.15, 0.2) is 5.54 Å². The van der Waals surface area contributed by atoms with E-state index in [-0.39, 0.29) is 18.4 Å². The fraction of sp³-hybridized carbons (Fsp3) is 0.500. The quantitative estimate of drug-likeness (QED) is 0.243. The molecule has 0 spiro atoms. The largest absolute Gasteiger partial charge is 0.361 e. The van der Waals surface area contributed by atoms with E-state index >= 15 is 0 Å². The van der Waals surface area contributed by atoms with Crippen molar-refractivity contribution < 1.29 is 9.53 Å². The molecule has 0 bridgehead atoms. The Kier molecular flexibility index (Phi) is 6.19. The Balaban J connectivity index is 1.41. The van der Waals surface area contributed by atoms with Gasteiger partial charge in [0.05, 0.1) is 25.9 Å². The second-order valence-electron chi connectivity index (χ2n) is 11.2. The zero-order valence-electron chi connectivity index (χ0n) is 21.1. The van der Waals surface area contributed by atoms with Gasteiger partial charge in [-0.3, -0.25) is 9.48 Å². The first-order valence-corrected chi connectivity index (χ1v) is 16.1. The molecule has 0 N–H and O–H groups in total. The number of fused-ring (bicyclic) bond motifs is 1. The van der Waals surface area contributed by atoms with Crippen LogP contribution in [0.25, 0.3) is 31.9 Å². The van der Waals surface area contributed by atoms with Gasteiger partial charge in [0.2, 0.25) is 18.1 Å². The number of pyridine rings is 1. The van der Waals surface area contributed by atoms with Crippen LogP contribution in [0.3, 0.4) is 0 Å². The summed E-state index contributed by atoms with van der Waals surface area (Å²) in [6, 6.07) is 3.07. The van der Waals surface area contributed by atoms with Crippen molar-refractivity contribution in [1.82, 2.24) is 24.2 Å². The summed E-state index contributed by atoms with van der Waals surface area (Å²) in [6.45, 7) is 24.6. The van der Waals surface area contributed by atoms with E-state index in [0.717, 1.165) is 47.7 Å². The van der Waals surface area contributed by atoms with E-state index in [2.05, 4.69) is 39.4 Å². The molecule has 1 saturated heterocycles. The minimum absolute atomic E-state index is 0.166. The molecule has 2 fully saturated rings. The van der Waals surface area contributed by atoms with Gasteiger partial charge in [-0.1, -0.05) is 19.6 Å². The van der Waals surface area contributed by atoms with Crippen molar-refractivity contribution in [2.24, 2.45) is 5.92 Å². The highest BCUT2D eigenvalue weighted by Gasteiger charge is 2.52. The smallest absolute Gasteiger partial charge is 0.243 e. The van der Waals surface area contributed by atoms with Gasteiger partial charge in [-0.25, -0.2) is 16.4 Å². The number of hydrogen-bond donors (Lipinski definition) is 0. The number of aromatic nitrogens is 4. The van der Waals surface area contributed by atoms with E-state index in [1.54, 1.807) is 12.4 Å². The summed E-state index contributed by atoms with van der Waals surface area (Å²) in [5.41, 5.74) is 2.29. The SMILES string of the molecule is [C-]#[N+]CC1(n2cc(-c3c([N+]#[C-])cnc4c3ccn4COCC[Si](C)(C)C)cn2)CN(C(=O)C2CC2)C1. The first kappa shape index (κ1) is 24.2. The lowest BCUT2D eigenvalue weighted by atomic mass is 9.89. The topological polar surface area (TPSA) is 73.9 Å². The van der Waals surface area contributed by atoms with Gasteiger partial charge >= 0.3 is 0 Å². The van der Waals surface area contributed by atoms with E-state index in [0.29, 0.717) is 25.5 Å². The van der Waals surface area contributed by atoms with Crippen LogP contribution in [0.1, 0.15) is 12.8 Å². The molecule has 0 radical (unpaired) electrons. The van der Waals surface area contributed by atoms with Gasteiger partial charge < -0.3 is 19.0 Å². The summed E-state index contributed by atoms with van der Waals surface area (Å²) in [5, 5.41) is 5.49. The van der Waals surface area contributed by atoms with Crippen molar-refractivity contribution in [3.8, 4) is 11.1 Å². The third-order valence-electron chi connectivity index (χ3n) is 7.06. The Morgan fingerprint density at radius 1 is 1.25 bits per heavy atom. The van der Waals surface area contributed by atoms with Gasteiger partial charge in [-0.15, -0.1) is 0 Å². The molecule has 5 rings (SSSR count). The number of nitrogens with zero attached hydrogens (tertiary/aromatic N) is 7. The molecule has 1 aliphatic heterocycles. The normalized spacial score (nSPS) is 17.0. The second-order valence-corrected chi connectivity index (χ2v) is 16.8. The molecule has 3 aromatic heterocycles. The van der Waals surface area contributed by atoms with Crippen molar-refractivity contribution in [1.29, 1.82) is 0 Å². The number of likely N-dealkylation sites (tertiary alicyclic amines) is 1. The molecular weight excluding hydrogens is 470 g/mol. The molecular formula is C26H31N7O2Si. The van der Waals surface area contributed by atoms with E-state index in [1.165, 1.54) is 0 Å². The number of hydrogen-bond acceptors (Lipinski definition) is 4. The van der Waals surface area contributed by atoms with Crippen molar-refractivity contribution in [3.63, 3.8) is 0 Å². The highest BCUT2D eigenvalue weighted by Crippen LogP contribution is 2.40. The molecule has 3 aromatic rings. The van der Waals surface area contributed by atoms with Crippen LogP contribution < -0.4 is 0 Å². The first-order valence-electron chi connectivity index (χ1n) is 12.4. The summed E-state index contributed by atoms with van der Waals surface area (Å²) in [5.74, 6) is 0.363. The van der Waals surface area contributed by atoms with Crippen molar-refractivity contribution >= 4 is 30.7 Å². The fourth-order valence-electron chi connectivity index (χ4n) is 4.75. The molecule has 4 heterocycles. The first-order chi connectivity index (χ1) is 17.2. The van der Waals surface area contributed by atoms with Crippen LogP contribution in [-0.2, 0) is 21.8 Å². The maximum atomic E-state index is 12.5. The third kappa shape index (κ3) is 4.54. The Bertz CT molecular complexity index is 1380. The third-order valence-corrected chi connectivity index (χ3v) is 8.76. The van der Waals surface area contributed by atoms with Crippen LogP contribution in [-0.4, -0.2) is 64.5 Å². The molecule has 1 aliphatic carbocycles. The maximum absolute atomic E-state index is 12.5. The predicted molar refractivity (Wildman–Crippen MR) is 140 cm³/mol. The van der Waals surface area contributed by atoms with Crippen LogP contribution in [0.15, 0.2) is 30.9 Å². The molecule has 0 atom stereocenters. The minimum Gasteiger partial charge on any atom is -0.361 e. The number of carbonyl (C=O) groups excluding carboxylic acids is 1. The predicted octanol–water partition coefficient (Wildman–Crippen LogP) is 4.63. The highest BCUT2D eigenvalue weighted by molar-refractivity contribution is 6.76. The number of ether oxygens (including phenoxy) is 1. The Labute approximate surface area is 212 Å². The van der Waals surface area contributed by atoms with Gasteiger partial charge in [0.25, 0.3) is 0 Å². The minimum atomic E-state index is -1.16. The molecule has 186 valence electrons. The number of amides is 1.